The molecule has 9 heteroatoms. The third kappa shape index (κ3) is 5.95. The summed E-state index contributed by atoms with van der Waals surface area (Å²) in [5.41, 5.74) is 2.00. The monoisotopic (exact) mass is 413 g/mol. The Bertz CT molecular complexity index is 933. The topological polar surface area (TPSA) is 91.2 Å². The van der Waals surface area contributed by atoms with Crippen LogP contribution in [-0.2, 0) is 24.5 Å². The van der Waals surface area contributed by atoms with Gasteiger partial charge in [-0.05, 0) is 40.6 Å². The Morgan fingerprint density at radius 3 is 2.72 bits per heavy atom. The molecule has 0 atom stereocenters. The van der Waals surface area contributed by atoms with Crippen LogP contribution in [0.15, 0.2) is 53.7 Å². The van der Waals surface area contributed by atoms with E-state index in [1.807, 2.05) is 55.5 Å². The van der Waals surface area contributed by atoms with Gasteiger partial charge in [-0.2, -0.15) is 0 Å². The van der Waals surface area contributed by atoms with E-state index in [4.69, 9.17) is 9.47 Å². The Morgan fingerprint density at radius 1 is 1.14 bits per heavy atom. The van der Waals surface area contributed by atoms with Crippen LogP contribution in [0, 0.1) is 0 Å². The van der Waals surface area contributed by atoms with Gasteiger partial charge in [0.1, 0.15) is 6.61 Å². The summed E-state index contributed by atoms with van der Waals surface area (Å²) in [7, 11) is 1.60. The molecular weight excluding hydrogens is 390 g/mol. The Kier molecular flexibility index (Phi) is 7.46. The number of carbonyl (C=O) groups excluding carboxylic acids is 1. The molecule has 8 nitrogen and oxygen atoms in total. The van der Waals surface area contributed by atoms with Crippen LogP contribution in [-0.4, -0.2) is 39.0 Å². The number of hydrogen-bond donors (Lipinski definition) is 1. The van der Waals surface area contributed by atoms with Crippen LogP contribution >= 0.6 is 11.8 Å². The summed E-state index contributed by atoms with van der Waals surface area (Å²) in [5, 5.41) is 14.9. The first-order chi connectivity index (χ1) is 14.2. The third-order valence-corrected chi connectivity index (χ3v) is 5.04. The van der Waals surface area contributed by atoms with E-state index in [1.54, 1.807) is 11.8 Å². The Balaban J connectivity index is 1.51. The maximum Gasteiger partial charge on any atom is 0.230 e. The van der Waals surface area contributed by atoms with Crippen LogP contribution in [0.3, 0.4) is 0 Å². The van der Waals surface area contributed by atoms with Crippen molar-refractivity contribution in [3.05, 3.63) is 59.7 Å². The zero-order chi connectivity index (χ0) is 20.5. The summed E-state index contributed by atoms with van der Waals surface area (Å²) < 4.78 is 12.9. The number of rotatable bonds is 10. The SMILES string of the molecule is CCn1nnnc1SCC(=O)NCc1ccc(OCc2ccccc2)c(OC)c1. The van der Waals surface area contributed by atoms with Gasteiger partial charge in [0.2, 0.25) is 11.1 Å². The minimum atomic E-state index is -0.0935. The number of nitrogens with zero attached hydrogens (tertiary/aromatic N) is 4. The smallest absolute Gasteiger partial charge is 0.230 e. The van der Waals surface area contributed by atoms with E-state index < -0.39 is 0 Å². The molecule has 1 heterocycles. The molecule has 0 saturated carbocycles. The summed E-state index contributed by atoms with van der Waals surface area (Å²) in [5.74, 6) is 1.44. The summed E-state index contributed by atoms with van der Waals surface area (Å²) in [6.45, 7) is 3.46. The van der Waals surface area contributed by atoms with Gasteiger partial charge in [-0.15, -0.1) is 5.10 Å². The summed E-state index contributed by atoms with van der Waals surface area (Å²) in [4.78, 5) is 12.1. The maximum atomic E-state index is 12.1. The number of aromatic nitrogens is 4. The minimum absolute atomic E-state index is 0.0935. The van der Waals surface area contributed by atoms with Crippen molar-refractivity contribution >= 4 is 17.7 Å². The van der Waals surface area contributed by atoms with Crippen LogP contribution in [0.25, 0.3) is 0 Å². The number of thioether (sulfide) groups is 1. The predicted octanol–water partition coefficient (Wildman–Crippen LogP) is 2.69. The third-order valence-electron chi connectivity index (χ3n) is 4.09. The molecule has 29 heavy (non-hydrogen) atoms. The van der Waals surface area contributed by atoms with E-state index in [9.17, 15) is 4.79 Å². The fourth-order valence-electron chi connectivity index (χ4n) is 2.56. The van der Waals surface area contributed by atoms with Crippen LogP contribution in [0.2, 0.25) is 0 Å². The van der Waals surface area contributed by atoms with Gasteiger partial charge < -0.3 is 14.8 Å². The number of tetrazole rings is 1. The highest BCUT2D eigenvalue weighted by Gasteiger charge is 2.10. The van der Waals surface area contributed by atoms with E-state index in [-0.39, 0.29) is 11.7 Å². The van der Waals surface area contributed by atoms with Gasteiger partial charge in [0.15, 0.2) is 11.5 Å². The first kappa shape index (κ1) is 20.7. The van der Waals surface area contributed by atoms with Crippen LogP contribution < -0.4 is 14.8 Å². The molecule has 0 bridgehead atoms. The van der Waals surface area contributed by atoms with Crippen molar-refractivity contribution in [2.45, 2.75) is 31.8 Å². The fourth-order valence-corrected chi connectivity index (χ4v) is 3.33. The lowest BCUT2D eigenvalue weighted by atomic mass is 10.2. The second-order valence-electron chi connectivity index (χ2n) is 6.10. The predicted molar refractivity (Wildman–Crippen MR) is 110 cm³/mol. The van der Waals surface area contributed by atoms with Crippen molar-refractivity contribution in [2.24, 2.45) is 0 Å². The van der Waals surface area contributed by atoms with Gasteiger partial charge in [-0.25, -0.2) is 4.68 Å². The maximum absolute atomic E-state index is 12.1. The molecule has 2 aromatic carbocycles. The molecule has 0 aliphatic rings. The number of hydrogen-bond acceptors (Lipinski definition) is 7. The van der Waals surface area contributed by atoms with Crippen molar-refractivity contribution in [1.29, 1.82) is 0 Å². The number of nitrogens with one attached hydrogen (secondary N) is 1. The largest absolute Gasteiger partial charge is 0.493 e. The molecule has 0 aliphatic carbocycles. The van der Waals surface area contributed by atoms with E-state index in [2.05, 4.69) is 20.8 Å². The Labute approximate surface area is 173 Å². The lowest BCUT2D eigenvalue weighted by Gasteiger charge is -2.13. The van der Waals surface area contributed by atoms with E-state index in [0.717, 1.165) is 11.1 Å². The van der Waals surface area contributed by atoms with Gasteiger partial charge in [-0.3, -0.25) is 4.79 Å². The number of methoxy groups -OCH3 is 1. The molecule has 152 valence electrons. The van der Waals surface area contributed by atoms with Gasteiger partial charge in [0.25, 0.3) is 0 Å². The van der Waals surface area contributed by atoms with Crippen LogP contribution in [0.4, 0.5) is 0 Å². The van der Waals surface area contributed by atoms with Crippen molar-refractivity contribution in [3.8, 4) is 11.5 Å². The van der Waals surface area contributed by atoms with Gasteiger partial charge in [0.05, 0.1) is 12.9 Å². The number of aryl methyl sites for hydroxylation is 1. The Hall–Kier alpha value is -3.07. The molecule has 1 amide bonds. The number of carbonyl (C=O) groups is 1. The van der Waals surface area contributed by atoms with Crippen LogP contribution in [0.1, 0.15) is 18.1 Å². The zero-order valence-electron chi connectivity index (χ0n) is 16.4. The Morgan fingerprint density at radius 2 is 1.97 bits per heavy atom. The fraction of sp³-hybridized carbons (Fsp3) is 0.300. The van der Waals surface area contributed by atoms with Crippen molar-refractivity contribution < 1.29 is 14.3 Å². The summed E-state index contributed by atoms with van der Waals surface area (Å²) in [6, 6.07) is 15.6. The summed E-state index contributed by atoms with van der Waals surface area (Å²) in [6.07, 6.45) is 0. The highest BCUT2D eigenvalue weighted by molar-refractivity contribution is 7.99. The molecule has 0 unspecified atom stereocenters. The molecule has 0 aliphatic heterocycles. The van der Waals surface area contributed by atoms with Crippen LogP contribution in [0.5, 0.6) is 11.5 Å². The first-order valence-corrected chi connectivity index (χ1v) is 10.2. The summed E-state index contributed by atoms with van der Waals surface area (Å²) >= 11 is 1.31. The molecule has 0 spiro atoms. The number of ether oxygens (including phenoxy) is 2. The second-order valence-corrected chi connectivity index (χ2v) is 7.04. The van der Waals surface area contributed by atoms with Gasteiger partial charge in [-0.1, -0.05) is 48.2 Å². The molecule has 1 aromatic heterocycles. The number of benzene rings is 2. The minimum Gasteiger partial charge on any atom is -0.493 e. The van der Waals surface area contributed by atoms with Gasteiger partial charge >= 0.3 is 0 Å². The quantitative estimate of drug-likeness (QED) is 0.511. The molecule has 3 rings (SSSR count). The lowest BCUT2D eigenvalue weighted by Crippen LogP contribution is -2.24. The molecule has 1 N–H and O–H groups in total. The zero-order valence-corrected chi connectivity index (χ0v) is 17.2. The van der Waals surface area contributed by atoms with Crippen molar-refractivity contribution in [1.82, 2.24) is 25.5 Å². The van der Waals surface area contributed by atoms with Crippen molar-refractivity contribution in [2.75, 3.05) is 12.9 Å². The first-order valence-electron chi connectivity index (χ1n) is 9.19. The average Bonchev–Trinajstić information content (AvgIpc) is 3.23. The average molecular weight is 414 g/mol. The van der Waals surface area contributed by atoms with Crippen molar-refractivity contribution in [3.63, 3.8) is 0 Å². The molecular formula is C20H23N5O3S. The number of amides is 1. The van der Waals surface area contributed by atoms with E-state index in [0.29, 0.717) is 36.4 Å². The second kappa shape index (κ2) is 10.5. The van der Waals surface area contributed by atoms with E-state index >= 15 is 0 Å². The highest BCUT2D eigenvalue weighted by Crippen LogP contribution is 2.28. The highest BCUT2D eigenvalue weighted by atomic mass is 32.2. The molecule has 0 radical (unpaired) electrons. The lowest BCUT2D eigenvalue weighted by molar-refractivity contribution is -0.118. The normalized spacial score (nSPS) is 10.6. The van der Waals surface area contributed by atoms with Gasteiger partial charge in [0, 0.05) is 13.1 Å². The molecule has 3 aromatic rings. The molecule has 0 saturated heterocycles. The van der Waals surface area contributed by atoms with E-state index in [1.165, 1.54) is 11.8 Å². The standard InChI is InChI=1S/C20H23N5O3S/c1-3-25-20(22-23-24-25)29-14-19(26)21-12-16-9-10-17(18(11-16)27-2)28-13-15-7-5-4-6-8-15/h4-11H,3,12-14H2,1-2H3,(H,21,26). The molecule has 0 fully saturated rings.